The van der Waals surface area contributed by atoms with E-state index in [1.54, 1.807) is 35.9 Å². The van der Waals surface area contributed by atoms with Crippen molar-refractivity contribution < 1.29 is 13.2 Å². The SMILES string of the molecule is CCN(CC)S(=O)(=O)c1ccc2nnc(SCc3cc(Cl)ccc3OC)n2c1. The molecule has 3 rings (SSSR count). The Hall–Kier alpha value is -1.81. The first kappa shape index (κ1) is 20.9. The number of hydrogen-bond acceptors (Lipinski definition) is 6. The van der Waals surface area contributed by atoms with Crippen molar-refractivity contribution in [3.05, 3.63) is 47.1 Å². The summed E-state index contributed by atoms with van der Waals surface area (Å²) in [6.45, 7) is 4.46. The minimum Gasteiger partial charge on any atom is -0.496 e. The van der Waals surface area contributed by atoms with Crippen LogP contribution in [0.3, 0.4) is 0 Å². The standard InChI is InChI=1S/C18H21ClN4O3S2/c1-4-22(5-2)28(24,25)15-7-9-17-20-21-18(23(17)11-15)27-12-13-10-14(19)6-8-16(13)26-3/h6-11H,4-5,12H2,1-3H3. The molecule has 0 bridgehead atoms. The number of methoxy groups -OCH3 is 1. The second-order valence-corrected chi connectivity index (χ2v) is 9.23. The van der Waals surface area contributed by atoms with Crippen LogP contribution < -0.4 is 4.74 Å². The Kier molecular flexibility index (Phi) is 6.49. The second kappa shape index (κ2) is 8.69. The third-order valence-corrected chi connectivity index (χ3v) is 7.55. The summed E-state index contributed by atoms with van der Waals surface area (Å²) in [5, 5.41) is 9.53. The van der Waals surface area contributed by atoms with Gasteiger partial charge in [0.2, 0.25) is 10.0 Å². The summed E-state index contributed by atoms with van der Waals surface area (Å²) in [6.07, 6.45) is 1.57. The highest BCUT2D eigenvalue weighted by molar-refractivity contribution is 7.98. The van der Waals surface area contributed by atoms with E-state index in [0.717, 1.165) is 11.3 Å². The molecule has 0 radical (unpaired) electrons. The molecule has 0 aliphatic heterocycles. The lowest BCUT2D eigenvalue weighted by Gasteiger charge is -2.18. The van der Waals surface area contributed by atoms with Crippen LogP contribution >= 0.6 is 23.4 Å². The van der Waals surface area contributed by atoms with Crippen LogP contribution in [0.5, 0.6) is 5.75 Å². The van der Waals surface area contributed by atoms with Crippen molar-refractivity contribution >= 4 is 39.0 Å². The van der Waals surface area contributed by atoms with Crippen LogP contribution in [0.1, 0.15) is 19.4 Å². The molecule has 150 valence electrons. The monoisotopic (exact) mass is 440 g/mol. The van der Waals surface area contributed by atoms with Crippen LogP contribution in [0, 0.1) is 0 Å². The van der Waals surface area contributed by atoms with E-state index in [-0.39, 0.29) is 4.90 Å². The summed E-state index contributed by atoms with van der Waals surface area (Å²) in [5.41, 5.74) is 1.50. The van der Waals surface area contributed by atoms with Gasteiger partial charge in [0.15, 0.2) is 10.8 Å². The number of sulfonamides is 1. The number of ether oxygens (including phenoxy) is 1. The fraction of sp³-hybridized carbons (Fsp3) is 0.333. The van der Waals surface area contributed by atoms with E-state index in [1.807, 2.05) is 26.0 Å². The fourth-order valence-corrected chi connectivity index (χ4v) is 5.36. The summed E-state index contributed by atoms with van der Waals surface area (Å²) < 4.78 is 34.1. The van der Waals surface area contributed by atoms with Crippen LogP contribution in [-0.4, -0.2) is 47.5 Å². The normalized spacial score (nSPS) is 12.0. The number of benzene rings is 1. The van der Waals surface area contributed by atoms with Gasteiger partial charge in [-0.1, -0.05) is 37.2 Å². The van der Waals surface area contributed by atoms with Crippen LogP contribution in [0.25, 0.3) is 5.65 Å². The highest BCUT2D eigenvalue weighted by atomic mass is 35.5. The van der Waals surface area contributed by atoms with Crippen LogP contribution in [0.2, 0.25) is 5.02 Å². The van der Waals surface area contributed by atoms with Gasteiger partial charge < -0.3 is 4.74 Å². The molecular weight excluding hydrogens is 420 g/mol. The number of pyridine rings is 1. The van der Waals surface area contributed by atoms with Crippen molar-refractivity contribution in [1.29, 1.82) is 0 Å². The Morgan fingerprint density at radius 1 is 1.18 bits per heavy atom. The highest BCUT2D eigenvalue weighted by Crippen LogP contribution is 2.30. The first-order valence-corrected chi connectivity index (χ1v) is 11.5. The van der Waals surface area contributed by atoms with Crippen molar-refractivity contribution in [3.63, 3.8) is 0 Å². The lowest BCUT2D eigenvalue weighted by Crippen LogP contribution is -2.30. The van der Waals surface area contributed by atoms with Gasteiger partial charge in [-0.3, -0.25) is 4.40 Å². The quantitative estimate of drug-likeness (QED) is 0.497. The summed E-state index contributed by atoms with van der Waals surface area (Å²) >= 11 is 7.52. The highest BCUT2D eigenvalue weighted by Gasteiger charge is 2.22. The number of nitrogens with zero attached hydrogens (tertiary/aromatic N) is 4. The van der Waals surface area contributed by atoms with E-state index in [2.05, 4.69) is 10.2 Å². The van der Waals surface area contributed by atoms with E-state index in [1.165, 1.54) is 16.1 Å². The van der Waals surface area contributed by atoms with Gasteiger partial charge in [0, 0.05) is 35.6 Å². The third-order valence-electron chi connectivity index (χ3n) is 4.29. The van der Waals surface area contributed by atoms with Crippen molar-refractivity contribution in [2.24, 2.45) is 0 Å². The maximum atomic E-state index is 12.8. The van der Waals surface area contributed by atoms with Crippen molar-refractivity contribution in [1.82, 2.24) is 18.9 Å². The first-order chi connectivity index (χ1) is 13.4. The maximum Gasteiger partial charge on any atom is 0.244 e. The molecule has 0 amide bonds. The Morgan fingerprint density at radius 3 is 2.61 bits per heavy atom. The molecule has 2 aromatic heterocycles. The molecule has 28 heavy (non-hydrogen) atoms. The molecule has 0 spiro atoms. The molecule has 10 heteroatoms. The zero-order chi connectivity index (χ0) is 20.3. The number of halogens is 1. The molecule has 0 aliphatic rings. The molecule has 0 aliphatic carbocycles. The molecular formula is C18H21ClN4O3S2. The molecule has 0 fully saturated rings. The molecule has 1 aromatic carbocycles. The topological polar surface area (TPSA) is 76.8 Å². The lowest BCUT2D eigenvalue weighted by atomic mass is 10.2. The summed E-state index contributed by atoms with van der Waals surface area (Å²) in [4.78, 5) is 0.214. The van der Waals surface area contributed by atoms with Crippen molar-refractivity contribution in [3.8, 4) is 5.75 Å². The maximum absolute atomic E-state index is 12.8. The Balaban J connectivity index is 1.92. The Morgan fingerprint density at radius 2 is 1.93 bits per heavy atom. The molecule has 0 saturated carbocycles. The zero-order valence-electron chi connectivity index (χ0n) is 15.8. The van der Waals surface area contributed by atoms with Gasteiger partial charge in [0.25, 0.3) is 0 Å². The fourth-order valence-electron chi connectivity index (χ4n) is 2.82. The molecule has 0 atom stereocenters. The van der Waals surface area contributed by atoms with Gasteiger partial charge in [-0.25, -0.2) is 8.42 Å². The van der Waals surface area contributed by atoms with Crippen LogP contribution in [-0.2, 0) is 15.8 Å². The molecule has 0 N–H and O–H groups in total. The van der Waals surface area contributed by atoms with Gasteiger partial charge in [0.05, 0.1) is 12.0 Å². The molecule has 3 aromatic rings. The predicted octanol–water partition coefficient (Wildman–Crippen LogP) is 3.71. The summed E-state index contributed by atoms with van der Waals surface area (Å²) in [6, 6.07) is 8.65. The summed E-state index contributed by atoms with van der Waals surface area (Å²) in [5.74, 6) is 1.29. The van der Waals surface area contributed by atoms with Gasteiger partial charge in [-0.05, 0) is 30.3 Å². The minimum absolute atomic E-state index is 0.214. The Labute approximate surface area is 173 Å². The molecule has 0 unspecified atom stereocenters. The molecule has 7 nitrogen and oxygen atoms in total. The van der Waals surface area contributed by atoms with Gasteiger partial charge in [-0.15, -0.1) is 10.2 Å². The predicted molar refractivity (Wildman–Crippen MR) is 111 cm³/mol. The number of rotatable bonds is 8. The second-order valence-electron chi connectivity index (χ2n) is 5.91. The molecule has 0 saturated heterocycles. The van der Waals surface area contributed by atoms with Gasteiger partial charge in [0.1, 0.15) is 5.75 Å². The smallest absolute Gasteiger partial charge is 0.244 e. The van der Waals surface area contributed by atoms with Crippen molar-refractivity contribution in [2.45, 2.75) is 29.7 Å². The van der Waals surface area contributed by atoms with E-state index >= 15 is 0 Å². The van der Waals surface area contributed by atoms with E-state index in [0.29, 0.717) is 34.7 Å². The number of aromatic nitrogens is 3. The van der Waals surface area contributed by atoms with E-state index in [4.69, 9.17) is 16.3 Å². The van der Waals surface area contributed by atoms with E-state index < -0.39 is 10.0 Å². The Bertz CT molecular complexity index is 1080. The van der Waals surface area contributed by atoms with Crippen LogP contribution in [0.15, 0.2) is 46.6 Å². The average molecular weight is 441 g/mol. The minimum atomic E-state index is -3.56. The number of fused-ring (bicyclic) bond motifs is 1. The number of thioether (sulfide) groups is 1. The lowest BCUT2D eigenvalue weighted by molar-refractivity contribution is 0.411. The van der Waals surface area contributed by atoms with Gasteiger partial charge >= 0.3 is 0 Å². The zero-order valence-corrected chi connectivity index (χ0v) is 18.2. The first-order valence-electron chi connectivity index (χ1n) is 8.70. The number of hydrogen-bond donors (Lipinski definition) is 0. The van der Waals surface area contributed by atoms with Gasteiger partial charge in [-0.2, -0.15) is 4.31 Å². The van der Waals surface area contributed by atoms with E-state index in [9.17, 15) is 8.42 Å². The third kappa shape index (κ3) is 4.12. The largest absolute Gasteiger partial charge is 0.496 e. The average Bonchev–Trinajstić information content (AvgIpc) is 3.09. The summed E-state index contributed by atoms with van der Waals surface area (Å²) in [7, 11) is -1.96. The molecule has 2 heterocycles. The van der Waals surface area contributed by atoms with Crippen molar-refractivity contribution in [2.75, 3.05) is 20.2 Å². The van der Waals surface area contributed by atoms with Crippen LogP contribution in [0.4, 0.5) is 0 Å².